The Bertz CT molecular complexity index is 478. The first-order valence-electron chi connectivity index (χ1n) is 7.38. The summed E-state index contributed by atoms with van der Waals surface area (Å²) < 4.78 is 10.2. The molecule has 0 saturated carbocycles. The average molecular weight is 291 g/mol. The molecule has 1 aliphatic carbocycles. The van der Waals surface area contributed by atoms with Gasteiger partial charge in [-0.2, -0.15) is 0 Å². The van der Waals surface area contributed by atoms with Crippen LogP contribution in [0.3, 0.4) is 0 Å². The minimum Gasteiger partial charge on any atom is -0.465 e. The fourth-order valence-corrected chi connectivity index (χ4v) is 2.22. The van der Waals surface area contributed by atoms with Gasteiger partial charge in [0.25, 0.3) is 5.91 Å². The maximum Gasteiger partial charge on any atom is 0.305 e. The van der Waals surface area contributed by atoms with Crippen molar-refractivity contribution in [3.8, 4) is 0 Å². The van der Waals surface area contributed by atoms with Crippen molar-refractivity contribution in [3.63, 3.8) is 0 Å². The van der Waals surface area contributed by atoms with Gasteiger partial charge in [0, 0.05) is 13.0 Å². The number of furan rings is 1. The van der Waals surface area contributed by atoms with E-state index in [1.807, 2.05) is 0 Å². The molecule has 0 unspecified atom stereocenters. The molecule has 1 aromatic rings. The molecule has 1 amide bonds. The minimum absolute atomic E-state index is 0.197. The lowest BCUT2D eigenvalue weighted by atomic mass is 9.95. The van der Waals surface area contributed by atoms with Gasteiger partial charge in [0.1, 0.15) is 0 Å². The predicted octanol–water partition coefficient (Wildman–Crippen LogP) is 2.69. The molecular formula is C16H21NO4. The Hall–Kier alpha value is -2.04. The van der Waals surface area contributed by atoms with Gasteiger partial charge in [-0.15, -0.1) is 0 Å². The summed E-state index contributed by atoms with van der Waals surface area (Å²) in [6.07, 6.45) is 9.80. The van der Waals surface area contributed by atoms with Crippen LogP contribution in [-0.2, 0) is 9.53 Å². The van der Waals surface area contributed by atoms with Gasteiger partial charge in [-0.1, -0.05) is 12.2 Å². The summed E-state index contributed by atoms with van der Waals surface area (Å²) >= 11 is 0. The van der Waals surface area contributed by atoms with E-state index in [1.54, 1.807) is 12.1 Å². The molecule has 0 radical (unpaired) electrons. The molecule has 0 bridgehead atoms. The number of hydrogen-bond acceptors (Lipinski definition) is 4. The second kappa shape index (κ2) is 8.29. The first-order chi connectivity index (χ1) is 10.3. The number of allylic oxidation sites excluding steroid dienone is 2. The molecule has 0 aliphatic heterocycles. The highest BCUT2D eigenvalue weighted by Crippen LogP contribution is 2.18. The normalized spacial score (nSPS) is 17.4. The van der Waals surface area contributed by atoms with Gasteiger partial charge in [0.05, 0.1) is 12.9 Å². The molecule has 0 spiro atoms. The minimum atomic E-state index is -0.262. The molecule has 1 N–H and O–H groups in total. The monoisotopic (exact) mass is 291 g/mol. The Morgan fingerprint density at radius 1 is 1.38 bits per heavy atom. The van der Waals surface area contributed by atoms with E-state index in [0.717, 1.165) is 19.3 Å². The lowest BCUT2D eigenvalue weighted by Gasteiger charge is -2.17. The SMILES string of the molecule is O=C(CCCNC(=O)c1ccco1)OC[C@H]1CC=CCC1. The van der Waals surface area contributed by atoms with Gasteiger partial charge in [-0.25, -0.2) is 0 Å². The number of carbonyl (C=O) groups excluding carboxylic acids is 2. The zero-order valence-electron chi connectivity index (χ0n) is 12.0. The quantitative estimate of drug-likeness (QED) is 0.476. The summed E-state index contributed by atoms with van der Waals surface area (Å²) in [6.45, 7) is 0.933. The van der Waals surface area contributed by atoms with Crippen LogP contribution in [0.25, 0.3) is 0 Å². The van der Waals surface area contributed by atoms with Crippen LogP contribution >= 0.6 is 0 Å². The summed E-state index contributed by atoms with van der Waals surface area (Å²) in [4.78, 5) is 23.1. The highest BCUT2D eigenvalue weighted by atomic mass is 16.5. The van der Waals surface area contributed by atoms with E-state index in [2.05, 4.69) is 17.5 Å². The van der Waals surface area contributed by atoms with Crippen LogP contribution in [0.2, 0.25) is 0 Å². The number of esters is 1. The molecule has 1 aliphatic rings. The van der Waals surface area contributed by atoms with Crippen molar-refractivity contribution in [1.29, 1.82) is 0 Å². The van der Waals surface area contributed by atoms with Crippen LogP contribution in [0.5, 0.6) is 0 Å². The summed E-state index contributed by atoms with van der Waals surface area (Å²) in [5, 5.41) is 2.70. The lowest BCUT2D eigenvalue weighted by Crippen LogP contribution is -2.24. The van der Waals surface area contributed by atoms with E-state index in [1.165, 1.54) is 6.26 Å². The zero-order chi connectivity index (χ0) is 14.9. The molecule has 1 heterocycles. The van der Waals surface area contributed by atoms with Crippen molar-refractivity contribution in [2.45, 2.75) is 32.1 Å². The van der Waals surface area contributed by atoms with E-state index in [9.17, 15) is 9.59 Å². The summed E-state index contributed by atoms with van der Waals surface area (Å²) in [7, 11) is 0. The van der Waals surface area contributed by atoms with Crippen LogP contribution in [0.1, 0.15) is 42.7 Å². The fourth-order valence-electron chi connectivity index (χ4n) is 2.22. The highest BCUT2D eigenvalue weighted by Gasteiger charge is 2.13. The van der Waals surface area contributed by atoms with E-state index in [-0.39, 0.29) is 17.6 Å². The number of rotatable bonds is 7. The number of hydrogen-bond donors (Lipinski definition) is 1. The van der Waals surface area contributed by atoms with Gasteiger partial charge in [0.15, 0.2) is 5.76 Å². The van der Waals surface area contributed by atoms with E-state index < -0.39 is 0 Å². The number of nitrogens with one attached hydrogen (secondary N) is 1. The number of ether oxygens (including phenoxy) is 1. The molecule has 1 aromatic heterocycles. The summed E-state index contributed by atoms with van der Waals surface area (Å²) in [6, 6.07) is 3.26. The molecule has 1 atom stereocenters. The van der Waals surface area contributed by atoms with Crippen molar-refractivity contribution in [2.75, 3.05) is 13.2 Å². The first-order valence-corrected chi connectivity index (χ1v) is 7.38. The average Bonchev–Trinajstić information content (AvgIpc) is 3.05. The molecule has 114 valence electrons. The van der Waals surface area contributed by atoms with E-state index in [4.69, 9.17) is 9.15 Å². The molecule has 2 rings (SSSR count). The van der Waals surface area contributed by atoms with Gasteiger partial charge in [-0.05, 0) is 43.7 Å². The van der Waals surface area contributed by atoms with Gasteiger partial charge in [-0.3, -0.25) is 9.59 Å². The first kappa shape index (κ1) is 15.4. The summed E-state index contributed by atoms with van der Waals surface area (Å²) in [5.74, 6) is 0.277. The summed E-state index contributed by atoms with van der Waals surface area (Å²) in [5.41, 5.74) is 0. The molecular weight excluding hydrogens is 270 g/mol. The Kier molecular flexibility index (Phi) is 6.06. The number of carbonyl (C=O) groups is 2. The molecule has 0 fully saturated rings. The second-order valence-corrected chi connectivity index (χ2v) is 5.17. The van der Waals surface area contributed by atoms with Crippen LogP contribution in [0.15, 0.2) is 35.0 Å². The lowest BCUT2D eigenvalue weighted by molar-refractivity contribution is -0.145. The van der Waals surface area contributed by atoms with Crippen molar-refractivity contribution in [1.82, 2.24) is 5.32 Å². The Labute approximate surface area is 124 Å². The van der Waals surface area contributed by atoms with Crippen molar-refractivity contribution < 1.29 is 18.7 Å². The third-order valence-electron chi connectivity index (χ3n) is 3.45. The number of amides is 1. The van der Waals surface area contributed by atoms with Crippen molar-refractivity contribution in [3.05, 3.63) is 36.3 Å². The molecule has 0 aromatic carbocycles. The second-order valence-electron chi connectivity index (χ2n) is 5.17. The Balaban J connectivity index is 1.53. The third-order valence-corrected chi connectivity index (χ3v) is 3.45. The van der Waals surface area contributed by atoms with Crippen molar-refractivity contribution >= 4 is 11.9 Å². The van der Waals surface area contributed by atoms with Crippen LogP contribution in [-0.4, -0.2) is 25.0 Å². The van der Waals surface area contributed by atoms with Gasteiger partial charge >= 0.3 is 5.97 Å². The largest absolute Gasteiger partial charge is 0.465 e. The Morgan fingerprint density at radius 3 is 3.00 bits per heavy atom. The fraction of sp³-hybridized carbons (Fsp3) is 0.500. The smallest absolute Gasteiger partial charge is 0.305 e. The van der Waals surface area contributed by atoms with Crippen LogP contribution in [0, 0.1) is 5.92 Å². The van der Waals surface area contributed by atoms with E-state index in [0.29, 0.717) is 31.9 Å². The maximum atomic E-state index is 11.6. The van der Waals surface area contributed by atoms with Gasteiger partial charge in [0.2, 0.25) is 0 Å². The van der Waals surface area contributed by atoms with E-state index >= 15 is 0 Å². The van der Waals surface area contributed by atoms with Crippen molar-refractivity contribution in [2.24, 2.45) is 5.92 Å². The Morgan fingerprint density at radius 2 is 2.29 bits per heavy atom. The molecule has 0 saturated heterocycles. The predicted molar refractivity (Wildman–Crippen MR) is 77.7 cm³/mol. The molecule has 21 heavy (non-hydrogen) atoms. The molecule has 5 heteroatoms. The third kappa shape index (κ3) is 5.45. The standard InChI is InChI=1S/C16H21NO4/c18-15(21-12-13-6-2-1-3-7-13)9-4-10-17-16(19)14-8-5-11-20-14/h1-2,5,8,11,13H,3-4,6-7,9-10,12H2,(H,17,19)/t13-/m0/s1. The van der Waals surface area contributed by atoms with Crippen LogP contribution in [0.4, 0.5) is 0 Å². The van der Waals surface area contributed by atoms with Crippen LogP contribution < -0.4 is 5.32 Å². The zero-order valence-corrected chi connectivity index (χ0v) is 12.0. The highest BCUT2D eigenvalue weighted by molar-refractivity contribution is 5.91. The van der Waals surface area contributed by atoms with Gasteiger partial charge < -0.3 is 14.5 Å². The maximum absolute atomic E-state index is 11.6. The molecule has 5 nitrogen and oxygen atoms in total. The topological polar surface area (TPSA) is 68.5 Å².